The van der Waals surface area contributed by atoms with E-state index in [4.69, 9.17) is 0 Å². The van der Waals surface area contributed by atoms with Gasteiger partial charge >= 0.3 is 12.4 Å². The summed E-state index contributed by atoms with van der Waals surface area (Å²) >= 11 is 1.07. The number of aliphatic hydroxyl groups is 1. The molecule has 0 saturated carbocycles. The molecule has 1 atom stereocenters. The Labute approximate surface area is 280 Å². The molecule has 4 aromatic rings. The van der Waals surface area contributed by atoms with Crippen molar-refractivity contribution in [2.45, 2.75) is 64.2 Å². The molecule has 10 nitrogen and oxygen atoms in total. The summed E-state index contributed by atoms with van der Waals surface area (Å²) in [6, 6.07) is 17.9. The maximum atomic E-state index is 13.6. The van der Waals surface area contributed by atoms with Crippen molar-refractivity contribution in [2.24, 2.45) is 4.99 Å². The first kappa shape index (κ1) is 34.6. The van der Waals surface area contributed by atoms with E-state index in [1.165, 1.54) is 40.2 Å². The van der Waals surface area contributed by atoms with E-state index >= 15 is 0 Å². The smallest absolute Gasteiger partial charge is 0.406 e. The molecular formula is C34H35F3N6O4S. The number of hydrogen-bond acceptors (Lipinski definition) is 7. The summed E-state index contributed by atoms with van der Waals surface area (Å²) in [6.45, 7) is 9.39. The number of nitrogens with zero attached hydrogens (tertiary/aromatic N) is 5. The van der Waals surface area contributed by atoms with Crippen molar-refractivity contribution in [2.75, 3.05) is 11.4 Å². The van der Waals surface area contributed by atoms with Crippen LogP contribution in [0.1, 0.15) is 50.3 Å². The molecule has 2 heterocycles. The zero-order chi connectivity index (χ0) is 34.8. The summed E-state index contributed by atoms with van der Waals surface area (Å²) in [5.74, 6) is -0.135. The minimum atomic E-state index is -4.77. The molecule has 1 aliphatic heterocycles. The number of benzene rings is 3. The van der Waals surface area contributed by atoms with Crippen LogP contribution >= 0.6 is 11.8 Å². The number of hydrogen-bond donors (Lipinski definition) is 2. The molecule has 14 heteroatoms. The molecule has 0 bridgehead atoms. The van der Waals surface area contributed by atoms with Crippen LogP contribution in [0.25, 0.3) is 17.1 Å². The van der Waals surface area contributed by atoms with E-state index in [2.05, 4.69) is 25.1 Å². The summed E-state index contributed by atoms with van der Waals surface area (Å²) < 4.78 is 42.7. The monoisotopic (exact) mass is 680 g/mol. The standard InChI is InChI=1S/C34H35F3N6O4S/c1-20(2)26-15-6-21(3)18-27(26)43-30(44)28(33(4,5)46)48-32(43)40-31(45)38-17-16-22-7-9-23(10-8-22)29-39-19-42(41-29)24-11-13-25(14-12-24)47-34(35,36)37/h6-15,18-20,28,46H,16-17H2,1-5H3,(H,38,45). The van der Waals surface area contributed by atoms with Gasteiger partial charge < -0.3 is 15.2 Å². The van der Waals surface area contributed by atoms with Crippen LogP contribution in [-0.2, 0) is 11.2 Å². The number of carbonyl (C=O) groups excluding carboxylic acids is 2. The molecule has 1 aliphatic rings. The number of ether oxygens (including phenoxy) is 1. The first-order chi connectivity index (χ1) is 22.6. The van der Waals surface area contributed by atoms with Gasteiger partial charge in [0.05, 0.1) is 17.0 Å². The number of anilines is 1. The fraction of sp³-hybridized carbons (Fsp3) is 0.324. The van der Waals surface area contributed by atoms with Crippen molar-refractivity contribution in [3.05, 3.63) is 89.7 Å². The largest absolute Gasteiger partial charge is 0.573 e. The second-order valence-corrected chi connectivity index (χ2v) is 13.2. The zero-order valence-electron chi connectivity index (χ0n) is 26.9. The van der Waals surface area contributed by atoms with Crippen LogP contribution in [-0.4, -0.2) is 60.7 Å². The van der Waals surface area contributed by atoms with E-state index in [1.54, 1.807) is 13.8 Å². The number of halogens is 3. The highest BCUT2D eigenvalue weighted by Gasteiger charge is 2.47. The van der Waals surface area contributed by atoms with Gasteiger partial charge in [0.25, 0.3) is 0 Å². The summed E-state index contributed by atoms with van der Waals surface area (Å²) in [4.78, 5) is 36.5. The third-order valence-corrected chi connectivity index (χ3v) is 8.97. The Kier molecular flexibility index (Phi) is 9.97. The Morgan fingerprint density at radius 2 is 1.77 bits per heavy atom. The van der Waals surface area contributed by atoms with E-state index in [0.29, 0.717) is 23.6 Å². The van der Waals surface area contributed by atoms with Crippen LogP contribution in [0.2, 0.25) is 0 Å². The van der Waals surface area contributed by atoms with Crippen LogP contribution in [0.3, 0.4) is 0 Å². The van der Waals surface area contributed by atoms with Crippen molar-refractivity contribution in [3.8, 4) is 22.8 Å². The maximum Gasteiger partial charge on any atom is 0.573 e. The quantitative estimate of drug-likeness (QED) is 0.200. The van der Waals surface area contributed by atoms with Gasteiger partial charge in [0, 0.05) is 12.1 Å². The Morgan fingerprint density at radius 3 is 2.40 bits per heavy atom. The Hall–Kier alpha value is -4.69. The number of aryl methyl sites for hydroxylation is 1. The number of amides is 3. The lowest BCUT2D eigenvalue weighted by molar-refractivity contribution is -0.274. The van der Waals surface area contributed by atoms with Gasteiger partial charge in [-0.3, -0.25) is 9.69 Å². The Balaban J connectivity index is 1.23. The van der Waals surface area contributed by atoms with E-state index < -0.39 is 23.2 Å². The molecule has 3 amide bonds. The Bertz CT molecular complexity index is 1820. The van der Waals surface area contributed by atoms with Crippen molar-refractivity contribution < 1.29 is 32.6 Å². The number of rotatable bonds is 9. The minimum absolute atomic E-state index is 0.107. The highest BCUT2D eigenvalue weighted by atomic mass is 32.2. The Morgan fingerprint density at radius 1 is 1.08 bits per heavy atom. The minimum Gasteiger partial charge on any atom is -0.406 e. The molecule has 5 rings (SSSR count). The van der Waals surface area contributed by atoms with Gasteiger partial charge in [-0.05, 0) is 80.1 Å². The topological polar surface area (TPSA) is 122 Å². The SMILES string of the molecule is Cc1ccc(C(C)C)c(N2C(=O)C(C(C)(C)O)SC2=NC(=O)NCCc2ccc(-c3ncn(-c4ccc(OC(F)(F)F)cc4)n3)cc2)c1. The molecule has 2 N–H and O–H groups in total. The maximum absolute atomic E-state index is 13.6. The van der Waals surface area contributed by atoms with Crippen LogP contribution in [0, 0.1) is 6.92 Å². The lowest BCUT2D eigenvalue weighted by atomic mass is 9.97. The number of thioether (sulfide) groups is 1. The number of aromatic nitrogens is 3. The summed E-state index contributed by atoms with van der Waals surface area (Å²) in [5.41, 5.74) is 3.36. The third-order valence-electron chi connectivity index (χ3n) is 7.48. The van der Waals surface area contributed by atoms with Crippen molar-refractivity contribution >= 4 is 34.6 Å². The van der Waals surface area contributed by atoms with Crippen LogP contribution in [0.15, 0.2) is 78.0 Å². The first-order valence-electron chi connectivity index (χ1n) is 15.2. The number of amidine groups is 1. The first-order valence-corrected chi connectivity index (χ1v) is 16.0. The number of aliphatic imine (C=N–C) groups is 1. The van der Waals surface area contributed by atoms with Crippen LogP contribution in [0.4, 0.5) is 23.7 Å². The second-order valence-electron chi connectivity index (χ2n) is 12.2. The molecule has 0 aliphatic carbocycles. The lowest BCUT2D eigenvalue weighted by Gasteiger charge is -2.25. The van der Waals surface area contributed by atoms with Gasteiger partial charge in [-0.2, -0.15) is 4.99 Å². The van der Waals surface area contributed by atoms with E-state index in [9.17, 15) is 27.9 Å². The molecule has 3 aromatic carbocycles. The highest BCUT2D eigenvalue weighted by molar-refractivity contribution is 8.16. The molecule has 1 fully saturated rings. The average Bonchev–Trinajstić information content (AvgIpc) is 3.62. The van der Waals surface area contributed by atoms with Crippen LogP contribution < -0.4 is 15.0 Å². The fourth-order valence-corrected chi connectivity index (χ4v) is 6.22. The van der Waals surface area contributed by atoms with Gasteiger partial charge in [-0.25, -0.2) is 14.5 Å². The van der Waals surface area contributed by atoms with E-state index in [-0.39, 0.29) is 29.3 Å². The van der Waals surface area contributed by atoms with Crippen LogP contribution in [0.5, 0.6) is 5.75 Å². The molecule has 1 aromatic heterocycles. The normalized spacial score (nSPS) is 16.2. The number of urea groups is 1. The summed E-state index contributed by atoms with van der Waals surface area (Å²) in [7, 11) is 0. The number of alkyl halides is 3. The van der Waals surface area contributed by atoms with Gasteiger partial charge in [-0.1, -0.05) is 62.0 Å². The van der Waals surface area contributed by atoms with Gasteiger partial charge in [0.15, 0.2) is 11.0 Å². The molecule has 0 spiro atoms. The van der Waals surface area contributed by atoms with Gasteiger partial charge in [0.2, 0.25) is 5.91 Å². The predicted octanol–water partition coefficient (Wildman–Crippen LogP) is 6.79. The summed E-state index contributed by atoms with van der Waals surface area (Å²) in [6.07, 6.45) is -2.80. The van der Waals surface area contributed by atoms with Crippen molar-refractivity contribution in [1.29, 1.82) is 0 Å². The average molecular weight is 681 g/mol. The fourth-order valence-electron chi connectivity index (χ4n) is 5.08. The predicted molar refractivity (Wildman–Crippen MR) is 178 cm³/mol. The lowest BCUT2D eigenvalue weighted by Crippen LogP contribution is -2.42. The molecular weight excluding hydrogens is 645 g/mol. The van der Waals surface area contributed by atoms with E-state index in [1.807, 2.05) is 63.2 Å². The second kappa shape index (κ2) is 13.8. The molecule has 252 valence electrons. The molecule has 1 unspecified atom stereocenters. The van der Waals surface area contributed by atoms with Gasteiger partial charge in [-0.15, -0.1) is 18.3 Å². The van der Waals surface area contributed by atoms with Crippen molar-refractivity contribution in [3.63, 3.8) is 0 Å². The van der Waals surface area contributed by atoms with Crippen molar-refractivity contribution in [1.82, 2.24) is 20.1 Å². The summed E-state index contributed by atoms with van der Waals surface area (Å²) in [5, 5.41) is 17.3. The molecule has 0 radical (unpaired) electrons. The third kappa shape index (κ3) is 8.23. The van der Waals surface area contributed by atoms with E-state index in [0.717, 1.165) is 34.0 Å². The number of nitrogens with one attached hydrogen (secondary N) is 1. The zero-order valence-corrected chi connectivity index (χ0v) is 27.8. The highest BCUT2D eigenvalue weighted by Crippen LogP contribution is 2.40. The molecule has 1 saturated heterocycles. The number of carbonyl (C=O) groups is 2. The molecule has 48 heavy (non-hydrogen) atoms. The van der Waals surface area contributed by atoms with Gasteiger partial charge in [0.1, 0.15) is 17.3 Å².